The molecule has 0 radical (unpaired) electrons. The van der Waals surface area contributed by atoms with Gasteiger partial charge >= 0.3 is 5.97 Å². The molecule has 0 spiro atoms. The highest BCUT2D eigenvalue weighted by atomic mass is 16.5. The van der Waals surface area contributed by atoms with Gasteiger partial charge in [0.05, 0.1) is 26.9 Å². The Morgan fingerprint density at radius 2 is 2.16 bits per heavy atom. The number of methoxy groups -OCH3 is 2. The van der Waals surface area contributed by atoms with Gasteiger partial charge in [-0.2, -0.15) is 10.1 Å². The number of ether oxygens (including phenoxy) is 3. The van der Waals surface area contributed by atoms with Crippen molar-refractivity contribution >= 4 is 11.9 Å². The van der Waals surface area contributed by atoms with Crippen molar-refractivity contribution in [2.24, 2.45) is 5.92 Å². The van der Waals surface area contributed by atoms with Gasteiger partial charge in [0.15, 0.2) is 11.5 Å². The van der Waals surface area contributed by atoms with Crippen molar-refractivity contribution in [2.75, 3.05) is 26.1 Å². The van der Waals surface area contributed by atoms with Gasteiger partial charge in [0.25, 0.3) is 0 Å². The molecule has 8 nitrogen and oxygen atoms in total. The van der Waals surface area contributed by atoms with Crippen LogP contribution in [0.3, 0.4) is 0 Å². The molecule has 0 saturated carbocycles. The SMILES string of the molecule is C=C1Nc2ncnn2[C@@H](c2ccc(OC)c(OCC)c2)[C@@H]1C(=O)OC. The molecule has 25 heavy (non-hydrogen) atoms. The van der Waals surface area contributed by atoms with E-state index in [4.69, 9.17) is 14.2 Å². The number of nitrogens with one attached hydrogen (secondary N) is 1. The zero-order valence-corrected chi connectivity index (χ0v) is 14.4. The molecule has 1 aliphatic heterocycles. The van der Waals surface area contributed by atoms with Crippen LogP contribution in [-0.4, -0.2) is 41.6 Å². The zero-order valence-electron chi connectivity index (χ0n) is 14.4. The smallest absolute Gasteiger partial charge is 0.317 e. The molecule has 2 atom stereocenters. The van der Waals surface area contributed by atoms with E-state index < -0.39 is 17.9 Å². The Balaban J connectivity index is 2.13. The normalized spacial score (nSPS) is 18.9. The second-order valence-electron chi connectivity index (χ2n) is 5.47. The van der Waals surface area contributed by atoms with E-state index in [9.17, 15) is 4.79 Å². The predicted molar refractivity (Wildman–Crippen MR) is 90.6 cm³/mol. The minimum absolute atomic E-state index is 0.405. The van der Waals surface area contributed by atoms with Crippen LogP contribution in [0.2, 0.25) is 0 Å². The van der Waals surface area contributed by atoms with Crippen LogP contribution in [0.5, 0.6) is 11.5 Å². The van der Waals surface area contributed by atoms with E-state index in [0.29, 0.717) is 29.8 Å². The summed E-state index contributed by atoms with van der Waals surface area (Å²) in [5.74, 6) is 0.673. The topological polar surface area (TPSA) is 87.5 Å². The first-order chi connectivity index (χ1) is 12.1. The van der Waals surface area contributed by atoms with Crippen LogP contribution < -0.4 is 14.8 Å². The van der Waals surface area contributed by atoms with E-state index in [1.54, 1.807) is 17.9 Å². The Labute approximate surface area is 145 Å². The van der Waals surface area contributed by atoms with Crippen LogP contribution in [0.25, 0.3) is 0 Å². The Morgan fingerprint density at radius 1 is 1.36 bits per heavy atom. The lowest BCUT2D eigenvalue weighted by Gasteiger charge is -2.33. The van der Waals surface area contributed by atoms with Gasteiger partial charge in [0.1, 0.15) is 12.2 Å². The van der Waals surface area contributed by atoms with Crippen molar-refractivity contribution < 1.29 is 19.0 Å². The van der Waals surface area contributed by atoms with E-state index in [0.717, 1.165) is 5.56 Å². The molecule has 3 rings (SSSR count). The molecule has 1 aromatic heterocycles. The number of nitrogens with zero attached hydrogens (tertiary/aromatic N) is 3. The summed E-state index contributed by atoms with van der Waals surface area (Å²) >= 11 is 0. The van der Waals surface area contributed by atoms with Crippen LogP contribution >= 0.6 is 0 Å². The van der Waals surface area contributed by atoms with E-state index in [1.165, 1.54) is 13.4 Å². The summed E-state index contributed by atoms with van der Waals surface area (Å²) in [7, 11) is 2.93. The first kappa shape index (κ1) is 16.8. The number of anilines is 1. The summed E-state index contributed by atoms with van der Waals surface area (Å²) < 4.78 is 17.6. The summed E-state index contributed by atoms with van der Waals surface area (Å²) in [6, 6.07) is 5.05. The molecule has 1 aromatic carbocycles. The van der Waals surface area contributed by atoms with Gasteiger partial charge in [0, 0.05) is 5.70 Å². The Bertz CT molecular complexity index is 802. The van der Waals surface area contributed by atoms with Crippen molar-refractivity contribution in [3.63, 3.8) is 0 Å². The molecule has 0 saturated heterocycles. The van der Waals surface area contributed by atoms with E-state index in [1.807, 2.05) is 19.1 Å². The lowest BCUT2D eigenvalue weighted by molar-refractivity contribution is -0.145. The average Bonchev–Trinajstić information content (AvgIpc) is 3.08. The lowest BCUT2D eigenvalue weighted by atomic mass is 9.89. The first-order valence-corrected chi connectivity index (χ1v) is 7.84. The number of carbonyl (C=O) groups is 1. The second kappa shape index (κ2) is 6.84. The zero-order chi connectivity index (χ0) is 18.0. The van der Waals surface area contributed by atoms with Crippen LogP contribution in [0.4, 0.5) is 5.95 Å². The fourth-order valence-electron chi connectivity index (χ4n) is 2.97. The quantitative estimate of drug-likeness (QED) is 0.830. The molecule has 0 aliphatic carbocycles. The summed E-state index contributed by atoms with van der Waals surface area (Å²) in [6.07, 6.45) is 1.43. The maximum absolute atomic E-state index is 12.4. The van der Waals surface area contributed by atoms with E-state index in [2.05, 4.69) is 22.0 Å². The number of esters is 1. The highest BCUT2D eigenvalue weighted by Gasteiger charge is 2.40. The molecule has 0 amide bonds. The Hall–Kier alpha value is -3.03. The minimum atomic E-state index is -0.651. The van der Waals surface area contributed by atoms with Crippen molar-refractivity contribution in [1.29, 1.82) is 0 Å². The molecule has 0 bridgehead atoms. The van der Waals surface area contributed by atoms with Crippen molar-refractivity contribution in [2.45, 2.75) is 13.0 Å². The molecule has 1 aliphatic rings. The summed E-state index contributed by atoms with van der Waals surface area (Å²) in [5, 5.41) is 7.26. The number of rotatable bonds is 5. The van der Waals surface area contributed by atoms with Crippen LogP contribution in [-0.2, 0) is 9.53 Å². The number of hydrogen-bond acceptors (Lipinski definition) is 7. The summed E-state index contributed by atoms with van der Waals surface area (Å²) in [6.45, 7) is 6.35. The third kappa shape index (κ3) is 2.90. The monoisotopic (exact) mass is 344 g/mol. The van der Waals surface area contributed by atoms with Gasteiger partial charge in [-0.15, -0.1) is 0 Å². The predicted octanol–water partition coefficient (Wildman–Crippen LogP) is 2.00. The number of aromatic nitrogens is 3. The van der Waals surface area contributed by atoms with Gasteiger partial charge in [-0.25, -0.2) is 4.68 Å². The van der Waals surface area contributed by atoms with Gasteiger partial charge in [-0.05, 0) is 24.6 Å². The fraction of sp³-hybridized carbons (Fsp3) is 0.353. The minimum Gasteiger partial charge on any atom is -0.493 e. The van der Waals surface area contributed by atoms with Crippen molar-refractivity contribution in [3.05, 3.63) is 42.4 Å². The summed E-state index contributed by atoms with van der Waals surface area (Å²) in [4.78, 5) is 16.6. The molecule has 132 valence electrons. The Kier molecular flexibility index (Phi) is 4.60. The maximum Gasteiger partial charge on any atom is 0.317 e. The van der Waals surface area contributed by atoms with Crippen molar-refractivity contribution in [1.82, 2.24) is 14.8 Å². The molecular weight excluding hydrogens is 324 g/mol. The van der Waals surface area contributed by atoms with Crippen molar-refractivity contribution in [3.8, 4) is 11.5 Å². The standard InChI is InChI=1S/C17H20N4O4/c1-5-25-13-8-11(6-7-12(13)23-3)15-14(16(22)24-4)10(2)20-17-18-9-19-21(15)17/h6-9,14-15H,2,5H2,1,3-4H3,(H,18,19,20)/t14-,15+/m1/s1. The number of carbonyl (C=O) groups excluding carboxylic acids is 1. The molecule has 8 heteroatoms. The fourth-order valence-corrected chi connectivity index (χ4v) is 2.97. The first-order valence-electron chi connectivity index (χ1n) is 7.84. The summed E-state index contributed by atoms with van der Waals surface area (Å²) in [5.41, 5.74) is 1.32. The van der Waals surface area contributed by atoms with Crippen LogP contribution in [0.1, 0.15) is 18.5 Å². The number of hydrogen-bond donors (Lipinski definition) is 1. The van der Waals surface area contributed by atoms with Gasteiger partial charge in [-0.1, -0.05) is 12.6 Å². The highest BCUT2D eigenvalue weighted by molar-refractivity contribution is 5.79. The lowest BCUT2D eigenvalue weighted by Crippen LogP contribution is -2.37. The third-order valence-corrected chi connectivity index (χ3v) is 4.08. The van der Waals surface area contributed by atoms with Crippen LogP contribution in [0.15, 0.2) is 36.8 Å². The average molecular weight is 344 g/mol. The number of benzene rings is 1. The molecule has 0 fully saturated rings. The molecule has 0 unspecified atom stereocenters. The molecule has 1 N–H and O–H groups in total. The highest BCUT2D eigenvalue weighted by Crippen LogP contribution is 2.40. The Morgan fingerprint density at radius 3 is 2.84 bits per heavy atom. The molecular formula is C17H20N4O4. The number of fused-ring (bicyclic) bond motifs is 1. The molecule has 2 heterocycles. The van der Waals surface area contributed by atoms with E-state index >= 15 is 0 Å². The second-order valence-corrected chi connectivity index (χ2v) is 5.47. The van der Waals surface area contributed by atoms with Gasteiger partial charge in [-0.3, -0.25) is 4.79 Å². The molecule has 2 aromatic rings. The van der Waals surface area contributed by atoms with Gasteiger partial charge in [0.2, 0.25) is 5.95 Å². The largest absolute Gasteiger partial charge is 0.493 e. The van der Waals surface area contributed by atoms with E-state index in [-0.39, 0.29) is 0 Å². The third-order valence-electron chi connectivity index (χ3n) is 4.08. The maximum atomic E-state index is 12.4. The van der Waals surface area contributed by atoms with Crippen LogP contribution in [0, 0.1) is 5.92 Å². The van der Waals surface area contributed by atoms with Gasteiger partial charge < -0.3 is 19.5 Å².